The molecule has 0 aliphatic carbocycles. The molecule has 0 heterocycles. The van der Waals surface area contributed by atoms with Crippen LogP contribution in [0.25, 0.3) is 0 Å². The Morgan fingerprint density at radius 3 is 2.09 bits per heavy atom. The van der Waals surface area contributed by atoms with Crippen LogP contribution in [0.3, 0.4) is 0 Å². The van der Waals surface area contributed by atoms with Gasteiger partial charge >= 0.3 is 41.5 Å². The normalized spacial score (nSPS) is 8.91. The Morgan fingerprint density at radius 2 is 1.61 bits per heavy atom. The molecule has 0 amide bonds. The molecular formula is C17H19NaO5. The molecule has 0 unspecified atom stereocenters. The number of carbonyl (C=O) groups excluding carboxylic acids is 1. The zero-order valence-electron chi connectivity index (χ0n) is 14.2. The number of aromatic hydroxyl groups is 1. The van der Waals surface area contributed by atoms with Crippen LogP contribution in [-0.4, -0.2) is 28.8 Å². The fraction of sp³-hybridized carbons (Fsp3) is 0.176. The second kappa shape index (κ2) is 11.7. The van der Waals surface area contributed by atoms with E-state index in [9.17, 15) is 14.7 Å². The van der Waals surface area contributed by atoms with Gasteiger partial charge in [-0.05, 0) is 30.7 Å². The van der Waals surface area contributed by atoms with Crippen molar-refractivity contribution in [3.05, 3.63) is 65.7 Å². The molecule has 0 fully saturated rings. The van der Waals surface area contributed by atoms with E-state index in [1.54, 1.807) is 42.5 Å². The van der Waals surface area contributed by atoms with E-state index in [2.05, 4.69) is 0 Å². The molecule has 2 N–H and O–H groups in total. The summed E-state index contributed by atoms with van der Waals surface area (Å²) in [4.78, 5) is 21.4. The number of ether oxygens (including phenoxy) is 1. The van der Waals surface area contributed by atoms with Crippen molar-refractivity contribution in [3.8, 4) is 5.75 Å². The van der Waals surface area contributed by atoms with Gasteiger partial charge in [0, 0.05) is 0 Å². The summed E-state index contributed by atoms with van der Waals surface area (Å²) in [6.45, 7) is 2.30. The number of hydrogen-bond donors (Lipinski definition) is 2. The molecule has 6 heteroatoms. The number of phenolic OH excluding ortho intramolecular Hbond substituents is 1. The van der Waals surface area contributed by atoms with E-state index in [-0.39, 0.29) is 42.3 Å². The molecule has 0 radical (unpaired) electrons. The molecule has 2 aromatic carbocycles. The summed E-state index contributed by atoms with van der Waals surface area (Å²) in [6, 6.07) is 14.6. The van der Waals surface area contributed by atoms with Crippen molar-refractivity contribution in [2.24, 2.45) is 0 Å². The first-order chi connectivity index (χ1) is 10.6. The van der Waals surface area contributed by atoms with Gasteiger partial charge in [0.25, 0.3) is 0 Å². The molecule has 0 bridgehead atoms. The van der Waals surface area contributed by atoms with Crippen LogP contribution in [0, 0.1) is 0 Å². The Balaban J connectivity index is 0. The molecule has 0 saturated heterocycles. The molecule has 0 saturated carbocycles. The molecular weight excluding hydrogens is 307 g/mol. The Labute approximate surface area is 158 Å². The number of benzene rings is 2. The molecule has 5 nitrogen and oxygen atoms in total. The first-order valence-corrected chi connectivity index (χ1v) is 6.79. The monoisotopic (exact) mass is 326 g/mol. The van der Waals surface area contributed by atoms with Gasteiger partial charge in [0.05, 0.1) is 12.2 Å². The standard InChI is InChI=1S/C10H12O3.C7H6O2.Na.H/c1-2-7-13-10(12)8-5-3-4-6-9(8)11;8-7(9)6-4-2-1-3-5-6;;/h3-6,11H,2,7H2,1H3;1-5H,(H,8,9);;/q;;+1;-1. The van der Waals surface area contributed by atoms with Crippen molar-refractivity contribution >= 4 is 11.9 Å². The van der Waals surface area contributed by atoms with Gasteiger partial charge in [-0.1, -0.05) is 37.3 Å². The number of phenols is 1. The summed E-state index contributed by atoms with van der Waals surface area (Å²) in [5, 5.41) is 17.7. The number of hydrogen-bond acceptors (Lipinski definition) is 4. The third-order valence-electron chi connectivity index (χ3n) is 2.58. The van der Waals surface area contributed by atoms with Crippen LogP contribution in [0.15, 0.2) is 54.6 Å². The van der Waals surface area contributed by atoms with Crippen LogP contribution >= 0.6 is 0 Å². The smallest absolute Gasteiger partial charge is 1.00 e. The second-order valence-corrected chi connectivity index (χ2v) is 4.32. The van der Waals surface area contributed by atoms with Gasteiger partial charge in [0.1, 0.15) is 11.3 Å². The molecule has 0 atom stereocenters. The van der Waals surface area contributed by atoms with Crippen LogP contribution in [0.1, 0.15) is 35.5 Å². The first-order valence-electron chi connectivity index (χ1n) is 6.79. The summed E-state index contributed by atoms with van der Waals surface area (Å²) in [5.41, 5.74) is 0.549. The van der Waals surface area contributed by atoms with Gasteiger partial charge in [-0.25, -0.2) is 9.59 Å². The van der Waals surface area contributed by atoms with Crippen molar-refractivity contribution in [1.82, 2.24) is 0 Å². The van der Waals surface area contributed by atoms with E-state index in [1.807, 2.05) is 6.92 Å². The fourth-order valence-corrected chi connectivity index (χ4v) is 1.50. The maximum atomic E-state index is 11.2. The largest absolute Gasteiger partial charge is 1.00 e. The molecule has 0 spiro atoms. The molecule has 23 heavy (non-hydrogen) atoms. The molecule has 2 rings (SSSR count). The Morgan fingerprint density at radius 1 is 1.04 bits per heavy atom. The Kier molecular flexibility index (Phi) is 10.8. The van der Waals surface area contributed by atoms with Gasteiger partial charge in [0.15, 0.2) is 0 Å². The van der Waals surface area contributed by atoms with E-state index < -0.39 is 11.9 Å². The van der Waals surface area contributed by atoms with E-state index in [0.717, 1.165) is 6.42 Å². The van der Waals surface area contributed by atoms with Crippen LogP contribution < -0.4 is 29.6 Å². The zero-order valence-corrected chi connectivity index (χ0v) is 15.2. The number of para-hydroxylation sites is 1. The van der Waals surface area contributed by atoms with E-state index >= 15 is 0 Å². The SMILES string of the molecule is CCCOC(=O)c1ccccc1O.O=C(O)c1ccccc1.[H-].[Na+]. The second-order valence-electron chi connectivity index (χ2n) is 4.32. The number of carbonyl (C=O) groups is 2. The topological polar surface area (TPSA) is 83.8 Å². The van der Waals surface area contributed by atoms with Crippen molar-refractivity contribution in [1.29, 1.82) is 0 Å². The van der Waals surface area contributed by atoms with Gasteiger partial charge in [0.2, 0.25) is 0 Å². The van der Waals surface area contributed by atoms with E-state index in [1.165, 1.54) is 12.1 Å². The predicted octanol–water partition coefficient (Wildman–Crippen LogP) is 0.460. The van der Waals surface area contributed by atoms with Gasteiger partial charge in [-0.3, -0.25) is 0 Å². The maximum Gasteiger partial charge on any atom is 1.00 e. The summed E-state index contributed by atoms with van der Waals surface area (Å²) in [5.74, 6) is -1.39. The Hall–Kier alpha value is -1.82. The maximum absolute atomic E-state index is 11.2. The van der Waals surface area contributed by atoms with Crippen LogP contribution in [0.2, 0.25) is 0 Å². The van der Waals surface area contributed by atoms with Crippen molar-refractivity contribution in [2.75, 3.05) is 6.61 Å². The van der Waals surface area contributed by atoms with Crippen LogP contribution in [0.4, 0.5) is 0 Å². The quantitative estimate of drug-likeness (QED) is 0.630. The van der Waals surface area contributed by atoms with Gasteiger partial charge < -0.3 is 16.4 Å². The van der Waals surface area contributed by atoms with E-state index in [4.69, 9.17) is 9.84 Å². The molecule has 0 aliphatic heterocycles. The number of rotatable bonds is 4. The third-order valence-corrected chi connectivity index (χ3v) is 2.58. The number of carboxylic acids is 1. The summed E-state index contributed by atoms with van der Waals surface area (Å²) < 4.78 is 4.86. The average Bonchev–Trinajstić information content (AvgIpc) is 2.54. The minimum atomic E-state index is -0.879. The Bertz CT molecular complexity index is 619. The summed E-state index contributed by atoms with van der Waals surface area (Å²) >= 11 is 0. The van der Waals surface area contributed by atoms with Gasteiger partial charge in [-0.15, -0.1) is 0 Å². The van der Waals surface area contributed by atoms with Crippen molar-refractivity contribution in [2.45, 2.75) is 13.3 Å². The number of carboxylic acid groups (broad SMARTS) is 1. The number of esters is 1. The summed E-state index contributed by atoms with van der Waals surface area (Å²) in [7, 11) is 0. The average molecular weight is 326 g/mol. The summed E-state index contributed by atoms with van der Waals surface area (Å²) in [6.07, 6.45) is 0.777. The molecule has 0 aromatic heterocycles. The minimum Gasteiger partial charge on any atom is -1.00 e. The van der Waals surface area contributed by atoms with Crippen LogP contribution in [-0.2, 0) is 4.74 Å². The molecule has 2 aromatic rings. The van der Waals surface area contributed by atoms with Crippen LogP contribution in [0.5, 0.6) is 5.75 Å². The van der Waals surface area contributed by atoms with Crippen molar-refractivity contribution < 1.29 is 55.5 Å². The zero-order chi connectivity index (χ0) is 16.4. The van der Waals surface area contributed by atoms with E-state index in [0.29, 0.717) is 12.2 Å². The number of aromatic carboxylic acids is 1. The van der Waals surface area contributed by atoms with Gasteiger partial charge in [-0.2, -0.15) is 0 Å². The molecule has 0 aliphatic rings. The minimum absolute atomic E-state index is 0. The first kappa shape index (κ1) is 21.2. The molecule has 118 valence electrons. The third kappa shape index (κ3) is 7.83. The fourth-order valence-electron chi connectivity index (χ4n) is 1.50. The van der Waals surface area contributed by atoms with Crippen molar-refractivity contribution in [3.63, 3.8) is 0 Å². The predicted molar refractivity (Wildman–Crippen MR) is 83.2 cm³/mol.